The Morgan fingerprint density at radius 3 is 1.17 bits per heavy atom. The first kappa shape index (κ1) is 28.0. The van der Waals surface area contributed by atoms with Crippen LogP contribution in [0.5, 0.6) is 0 Å². The first-order chi connectivity index (χ1) is 13.6. The van der Waals surface area contributed by atoms with Crippen molar-refractivity contribution in [3.05, 3.63) is 0 Å². The number of aliphatic hydroxyl groups is 2. The molecule has 30 heavy (non-hydrogen) atoms. The molecule has 8 unspecified atom stereocenters. The zero-order chi connectivity index (χ0) is 23.6. The zero-order valence-corrected chi connectivity index (χ0v) is 22.5. The van der Waals surface area contributed by atoms with Crippen LogP contribution in [0, 0.1) is 58.2 Å². The van der Waals surface area contributed by atoms with Gasteiger partial charge in [0.15, 0.2) is 0 Å². The Morgan fingerprint density at radius 2 is 0.933 bits per heavy atom. The molecule has 2 N–H and O–H groups in total. The van der Waals surface area contributed by atoms with Crippen LogP contribution in [0.15, 0.2) is 0 Å². The summed E-state index contributed by atoms with van der Waals surface area (Å²) in [5.74, 6) is 4.61. The maximum atomic E-state index is 10.8. The Morgan fingerprint density at radius 1 is 0.633 bits per heavy atom. The summed E-state index contributed by atoms with van der Waals surface area (Å²) in [7, 11) is 0. The first-order valence-electron chi connectivity index (χ1n) is 13.0. The average molecular weight is 425 g/mol. The first-order valence-corrected chi connectivity index (χ1v) is 13.0. The second kappa shape index (κ2) is 10.7. The highest BCUT2D eigenvalue weighted by molar-refractivity contribution is 4.98. The fourth-order valence-corrected chi connectivity index (χ4v) is 7.05. The van der Waals surface area contributed by atoms with Crippen molar-refractivity contribution in [3.8, 4) is 0 Å². The van der Waals surface area contributed by atoms with E-state index in [-0.39, 0.29) is 23.0 Å². The lowest BCUT2D eigenvalue weighted by molar-refractivity contribution is -0.0903. The van der Waals surface area contributed by atoms with Gasteiger partial charge in [0, 0.05) is 0 Å². The molecule has 180 valence electrons. The SMILES string of the molecule is CC.CC(C)C(C1CC(C(C)(C)C)C(O)CC1C)C1CC(C(C)(C)C)C(O)CC1C. The van der Waals surface area contributed by atoms with Crippen LogP contribution < -0.4 is 0 Å². The summed E-state index contributed by atoms with van der Waals surface area (Å²) in [4.78, 5) is 0. The summed E-state index contributed by atoms with van der Waals surface area (Å²) in [6.07, 6.45) is 3.88. The molecule has 2 heteroatoms. The molecule has 0 saturated heterocycles. The lowest BCUT2D eigenvalue weighted by Gasteiger charge is -2.53. The summed E-state index contributed by atoms with van der Waals surface area (Å²) >= 11 is 0. The molecule has 0 radical (unpaired) electrons. The molecule has 2 aliphatic rings. The van der Waals surface area contributed by atoms with Gasteiger partial charge in [-0.3, -0.25) is 0 Å². The molecule has 0 aromatic rings. The second-order valence-corrected chi connectivity index (χ2v) is 13.1. The molecular weight excluding hydrogens is 368 g/mol. The van der Waals surface area contributed by atoms with Crippen LogP contribution in [-0.2, 0) is 0 Å². The van der Waals surface area contributed by atoms with Gasteiger partial charge in [0.05, 0.1) is 12.2 Å². The lowest BCUT2D eigenvalue weighted by Crippen LogP contribution is -2.49. The predicted octanol–water partition coefficient (Wildman–Crippen LogP) is 7.42. The Hall–Kier alpha value is -0.0800. The van der Waals surface area contributed by atoms with Crippen LogP contribution in [0.2, 0.25) is 0 Å². The summed E-state index contributed by atoms with van der Waals surface area (Å²) in [6, 6.07) is 0. The minimum absolute atomic E-state index is 0.154. The van der Waals surface area contributed by atoms with Crippen molar-refractivity contribution in [2.45, 2.75) is 121 Å². The van der Waals surface area contributed by atoms with Crippen LogP contribution >= 0.6 is 0 Å². The van der Waals surface area contributed by atoms with E-state index in [4.69, 9.17) is 0 Å². The lowest BCUT2D eigenvalue weighted by atomic mass is 9.53. The molecule has 0 amide bonds. The van der Waals surface area contributed by atoms with Crippen LogP contribution in [0.3, 0.4) is 0 Å². The third kappa shape index (κ3) is 6.47. The molecule has 2 fully saturated rings. The predicted molar refractivity (Wildman–Crippen MR) is 131 cm³/mol. The van der Waals surface area contributed by atoms with Crippen molar-refractivity contribution in [2.24, 2.45) is 58.2 Å². The molecule has 0 aliphatic heterocycles. The fourth-order valence-electron chi connectivity index (χ4n) is 7.05. The van der Waals surface area contributed by atoms with Gasteiger partial charge in [-0.25, -0.2) is 0 Å². The third-order valence-electron chi connectivity index (χ3n) is 8.65. The van der Waals surface area contributed by atoms with Crippen molar-refractivity contribution < 1.29 is 10.2 Å². The molecule has 2 nitrogen and oxygen atoms in total. The van der Waals surface area contributed by atoms with Gasteiger partial charge in [-0.05, 0) is 83.9 Å². The van der Waals surface area contributed by atoms with Gasteiger partial charge in [-0.2, -0.15) is 0 Å². The van der Waals surface area contributed by atoms with Crippen molar-refractivity contribution in [3.63, 3.8) is 0 Å². The minimum Gasteiger partial charge on any atom is -0.393 e. The molecule has 2 aliphatic carbocycles. The largest absolute Gasteiger partial charge is 0.393 e. The molecule has 8 atom stereocenters. The number of rotatable bonds is 3. The van der Waals surface area contributed by atoms with Crippen LogP contribution in [0.25, 0.3) is 0 Å². The van der Waals surface area contributed by atoms with E-state index in [0.717, 1.165) is 25.7 Å². The molecule has 0 aromatic carbocycles. The van der Waals surface area contributed by atoms with E-state index in [1.165, 1.54) is 0 Å². The average Bonchev–Trinajstić information content (AvgIpc) is 2.57. The quantitative estimate of drug-likeness (QED) is 0.494. The number of hydrogen-bond donors (Lipinski definition) is 2. The highest BCUT2D eigenvalue weighted by Crippen LogP contribution is 2.53. The smallest absolute Gasteiger partial charge is 0.0576 e. The Labute approximate surface area is 189 Å². The van der Waals surface area contributed by atoms with E-state index in [1.807, 2.05) is 13.8 Å². The van der Waals surface area contributed by atoms with E-state index in [2.05, 4.69) is 69.2 Å². The Bertz CT molecular complexity index is 456. The van der Waals surface area contributed by atoms with Crippen molar-refractivity contribution in [1.82, 2.24) is 0 Å². The number of aliphatic hydroxyl groups excluding tert-OH is 2. The molecule has 2 saturated carbocycles. The topological polar surface area (TPSA) is 40.5 Å². The molecular formula is C28H56O2. The van der Waals surface area contributed by atoms with Gasteiger partial charge >= 0.3 is 0 Å². The van der Waals surface area contributed by atoms with Crippen LogP contribution in [0.4, 0.5) is 0 Å². The van der Waals surface area contributed by atoms with Crippen molar-refractivity contribution >= 4 is 0 Å². The van der Waals surface area contributed by atoms with Gasteiger partial charge in [-0.1, -0.05) is 83.1 Å². The maximum absolute atomic E-state index is 10.8. The van der Waals surface area contributed by atoms with Crippen LogP contribution in [0.1, 0.15) is 109 Å². The third-order valence-corrected chi connectivity index (χ3v) is 8.65. The molecule has 2 rings (SSSR count). The fraction of sp³-hybridized carbons (Fsp3) is 1.00. The summed E-state index contributed by atoms with van der Waals surface area (Å²) in [5, 5.41) is 21.7. The normalized spacial score (nSPS) is 39.3. The molecule has 0 aromatic heterocycles. The van der Waals surface area contributed by atoms with Crippen molar-refractivity contribution in [1.29, 1.82) is 0 Å². The summed E-state index contributed by atoms with van der Waals surface area (Å²) in [5.41, 5.74) is 0.309. The standard InChI is InChI=1S/C26H50O2.C2H6/c1-15(2)24(18-13-20(25(5,6)7)22(27)11-16(18)3)19-14-21(26(8,9)10)23(28)12-17(19)4;1-2/h15-24,27-28H,11-14H2,1-10H3;1-2H3. The highest BCUT2D eigenvalue weighted by atomic mass is 16.3. The van der Waals surface area contributed by atoms with Gasteiger partial charge < -0.3 is 10.2 Å². The van der Waals surface area contributed by atoms with E-state index in [9.17, 15) is 10.2 Å². The van der Waals surface area contributed by atoms with Crippen molar-refractivity contribution in [2.75, 3.05) is 0 Å². The maximum Gasteiger partial charge on any atom is 0.0576 e. The van der Waals surface area contributed by atoms with Gasteiger partial charge in [0.25, 0.3) is 0 Å². The summed E-state index contributed by atoms with van der Waals surface area (Å²) < 4.78 is 0. The highest BCUT2D eigenvalue weighted by Gasteiger charge is 2.49. The molecule has 0 spiro atoms. The van der Waals surface area contributed by atoms with E-state index in [0.29, 0.717) is 47.3 Å². The second-order valence-electron chi connectivity index (χ2n) is 13.1. The van der Waals surface area contributed by atoms with Gasteiger partial charge in [0.1, 0.15) is 0 Å². The Kier molecular flexibility index (Phi) is 9.96. The van der Waals surface area contributed by atoms with E-state index < -0.39 is 0 Å². The summed E-state index contributed by atoms with van der Waals surface area (Å²) in [6.45, 7) is 27.4. The Balaban J connectivity index is 0.00000218. The van der Waals surface area contributed by atoms with E-state index in [1.54, 1.807) is 0 Å². The van der Waals surface area contributed by atoms with E-state index >= 15 is 0 Å². The zero-order valence-electron chi connectivity index (χ0n) is 22.5. The molecule has 0 bridgehead atoms. The van der Waals surface area contributed by atoms with Gasteiger partial charge in [-0.15, -0.1) is 0 Å². The minimum atomic E-state index is -0.160. The van der Waals surface area contributed by atoms with Gasteiger partial charge in [0.2, 0.25) is 0 Å². The monoisotopic (exact) mass is 424 g/mol. The van der Waals surface area contributed by atoms with Crippen LogP contribution in [-0.4, -0.2) is 22.4 Å². The molecule has 0 heterocycles. The number of hydrogen-bond acceptors (Lipinski definition) is 2.